The number of halogens is 3. The van der Waals surface area contributed by atoms with Gasteiger partial charge in [-0.1, -0.05) is 72.8 Å². The molecule has 0 aliphatic rings. The third-order valence-electron chi connectivity index (χ3n) is 6.01. The fraction of sp³-hybridized carbons (Fsp3) is 0.103. The lowest BCUT2D eigenvalue weighted by Gasteiger charge is -2.15. The maximum Gasteiger partial charge on any atom is 0.416 e. The van der Waals surface area contributed by atoms with E-state index in [0.717, 1.165) is 12.1 Å². The molecule has 0 aliphatic heterocycles. The van der Waals surface area contributed by atoms with Crippen molar-refractivity contribution in [2.24, 2.45) is 0 Å². The number of alkyl halides is 3. The van der Waals surface area contributed by atoms with Crippen molar-refractivity contribution in [2.75, 3.05) is 5.32 Å². The zero-order chi connectivity index (χ0) is 28.9. The Balaban J connectivity index is 1.42. The highest BCUT2D eigenvalue weighted by Gasteiger charge is 2.33. The van der Waals surface area contributed by atoms with Crippen molar-refractivity contribution in [3.05, 3.63) is 125 Å². The lowest BCUT2D eigenvalue weighted by atomic mass is 9.98. The zero-order valence-corrected chi connectivity index (χ0v) is 21.5. The van der Waals surface area contributed by atoms with Crippen LogP contribution in [0.4, 0.5) is 18.9 Å². The molecule has 4 rings (SSSR count). The van der Waals surface area contributed by atoms with E-state index in [4.69, 9.17) is 0 Å². The van der Waals surface area contributed by atoms with Crippen molar-refractivity contribution < 1.29 is 35.7 Å². The molecule has 4 aromatic rings. The Kier molecular flexibility index (Phi) is 8.36. The summed E-state index contributed by atoms with van der Waals surface area (Å²) in [6.07, 6.45) is -4.46. The summed E-state index contributed by atoms with van der Waals surface area (Å²) < 4.78 is 72.1. The number of hydrogen-bond donors (Lipinski definition) is 3. The van der Waals surface area contributed by atoms with Gasteiger partial charge in [0.2, 0.25) is 5.91 Å². The van der Waals surface area contributed by atoms with Gasteiger partial charge in [-0.15, -0.1) is 0 Å². The minimum absolute atomic E-state index is 0.103. The Labute approximate surface area is 228 Å². The maximum absolute atomic E-state index is 12.9. The summed E-state index contributed by atoms with van der Waals surface area (Å²) in [6.45, 7) is 0.103. The standard InChI is InChI=1S/C29H23F3N2O5S/c30-29(31,32)22-14-12-20(13-15-22)24-8-4-5-9-25(24)27(35)33-18-19-10-16-23(17-11-19)34-28(36)26(40(37,38)39)21-6-2-1-3-7-21/h1-17,26H,18H2,(H,33,35)(H,34,36)(H,37,38,39). The van der Waals surface area contributed by atoms with E-state index < -0.39 is 38.9 Å². The van der Waals surface area contributed by atoms with Crippen LogP contribution in [0.2, 0.25) is 0 Å². The van der Waals surface area contributed by atoms with Gasteiger partial charge in [0.25, 0.3) is 16.0 Å². The summed E-state index contributed by atoms with van der Waals surface area (Å²) in [5.74, 6) is -1.37. The van der Waals surface area contributed by atoms with Crippen molar-refractivity contribution in [3.63, 3.8) is 0 Å². The molecule has 0 bridgehead atoms. The first-order valence-electron chi connectivity index (χ1n) is 11.9. The molecule has 40 heavy (non-hydrogen) atoms. The van der Waals surface area contributed by atoms with Crippen LogP contribution in [0.15, 0.2) is 103 Å². The lowest BCUT2D eigenvalue weighted by Crippen LogP contribution is -2.27. The topological polar surface area (TPSA) is 113 Å². The van der Waals surface area contributed by atoms with E-state index in [1.807, 2.05) is 0 Å². The highest BCUT2D eigenvalue weighted by atomic mass is 32.2. The van der Waals surface area contributed by atoms with Crippen LogP contribution in [0, 0.1) is 0 Å². The van der Waals surface area contributed by atoms with E-state index in [1.54, 1.807) is 54.6 Å². The average molecular weight is 569 g/mol. The van der Waals surface area contributed by atoms with Crippen molar-refractivity contribution >= 4 is 27.6 Å². The molecule has 3 N–H and O–H groups in total. The number of rotatable bonds is 8. The van der Waals surface area contributed by atoms with E-state index in [-0.39, 0.29) is 23.4 Å². The Morgan fingerprint density at radius 3 is 2.00 bits per heavy atom. The lowest BCUT2D eigenvalue weighted by molar-refractivity contribution is -0.137. The molecule has 0 aromatic heterocycles. The van der Waals surface area contributed by atoms with Gasteiger partial charge < -0.3 is 10.6 Å². The van der Waals surface area contributed by atoms with Gasteiger partial charge in [0.05, 0.1) is 5.56 Å². The number of nitrogens with one attached hydrogen (secondary N) is 2. The van der Waals surface area contributed by atoms with Crippen LogP contribution >= 0.6 is 0 Å². The van der Waals surface area contributed by atoms with Crippen molar-refractivity contribution in [3.8, 4) is 11.1 Å². The molecule has 0 fully saturated rings. The molecule has 11 heteroatoms. The summed E-state index contributed by atoms with van der Waals surface area (Å²) in [6, 6.07) is 24.9. The molecule has 206 valence electrons. The Morgan fingerprint density at radius 2 is 1.40 bits per heavy atom. The van der Waals surface area contributed by atoms with Crippen LogP contribution in [0.1, 0.15) is 32.3 Å². The van der Waals surface area contributed by atoms with Crippen LogP contribution in [-0.2, 0) is 27.6 Å². The number of carbonyl (C=O) groups is 2. The van der Waals surface area contributed by atoms with Crippen LogP contribution in [0.5, 0.6) is 0 Å². The number of amides is 2. The Bertz CT molecular complexity index is 1610. The first-order valence-corrected chi connectivity index (χ1v) is 13.4. The van der Waals surface area contributed by atoms with Gasteiger partial charge in [-0.2, -0.15) is 21.6 Å². The van der Waals surface area contributed by atoms with Gasteiger partial charge in [0.1, 0.15) is 0 Å². The fourth-order valence-corrected chi connectivity index (χ4v) is 4.88. The molecule has 2 amide bonds. The fourth-order valence-electron chi connectivity index (χ4n) is 4.05. The zero-order valence-electron chi connectivity index (χ0n) is 20.7. The number of carbonyl (C=O) groups excluding carboxylic acids is 2. The molecular weight excluding hydrogens is 545 g/mol. The van der Waals surface area contributed by atoms with E-state index in [2.05, 4.69) is 10.6 Å². The minimum atomic E-state index is -4.73. The monoisotopic (exact) mass is 568 g/mol. The van der Waals surface area contributed by atoms with Crippen LogP contribution in [0.3, 0.4) is 0 Å². The summed E-state index contributed by atoms with van der Waals surface area (Å²) >= 11 is 0. The van der Waals surface area contributed by atoms with Gasteiger partial charge in [0, 0.05) is 17.8 Å². The predicted octanol–water partition coefficient (Wildman–Crippen LogP) is 5.87. The molecule has 4 aromatic carbocycles. The molecule has 0 radical (unpaired) electrons. The van der Waals surface area contributed by atoms with Crippen LogP contribution in [-0.4, -0.2) is 24.8 Å². The quantitative estimate of drug-likeness (QED) is 0.230. The Morgan fingerprint density at radius 1 is 0.800 bits per heavy atom. The number of anilines is 1. The molecule has 1 unspecified atom stereocenters. The van der Waals surface area contributed by atoms with Crippen molar-refractivity contribution in [2.45, 2.75) is 18.0 Å². The van der Waals surface area contributed by atoms with E-state index in [0.29, 0.717) is 16.7 Å². The summed E-state index contributed by atoms with van der Waals surface area (Å²) in [5.41, 5.74) is 1.47. The average Bonchev–Trinajstić information content (AvgIpc) is 2.92. The molecular formula is C29H23F3N2O5S. The molecule has 0 saturated carbocycles. The summed E-state index contributed by atoms with van der Waals surface area (Å²) in [4.78, 5) is 25.6. The third-order valence-corrected chi connectivity index (χ3v) is 7.09. The Hall–Kier alpha value is -4.48. The second kappa shape index (κ2) is 11.7. The smallest absolute Gasteiger partial charge is 0.348 e. The molecule has 1 atom stereocenters. The second-order valence-electron chi connectivity index (χ2n) is 8.80. The first-order chi connectivity index (χ1) is 18.9. The number of benzene rings is 4. The van der Waals surface area contributed by atoms with Gasteiger partial charge in [0.15, 0.2) is 5.25 Å². The normalized spacial score (nSPS) is 12.4. The largest absolute Gasteiger partial charge is 0.416 e. The second-order valence-corrected chi connectivity index (χ2v) is 10.3. The van der Waals surface area contributed by atoms with Gasteiger partial charge >= 0.3 is 6.18 Å². The van der Waals surface area contributed by atoms with Crippen LogP contribution < -0.4 is 10.6 Å². The third kappa shape index (κ3) is 6.93. The van der Waals surface area contributed by atoms with Crippen LogP contribution in [0.25, 0.3) is 11.1 Å². The SMILES string of the molecule is O=C(NCc1ccc(NC(=O)C(c2ccccc2)S(=O)(=O)O)cc1)c1ccccc1-c1ccc(C(F)(F)F)cc1. The van der Waals surface area contributed by atoms with Gasteiger partial charge in [-0.25, -0.2) is 0 Å². The number of hydrogen-bond acceptors (Lipinski definition) is 4. The van der Waals surface area contributed by atoms with E-state index >= 15 is 0 Å². The first kappa shape index (κ1) is 28.5. The molecule has 7 nitrogen and oxygen atoms in total. The highest BCUT2D eigenvalue weighted by Crippen LogP contribution is 2.32. The predicted molar refractivity (Wildman–Crippen MR) is 144 cm³/mol. The maximum atomic E-state index is 12.9. The molecule has 0 spiro atoms. The van der Waals surface area contributed by atoms with Crippen molar-refractivity contribution in [1.29, 1.82) is 0 Å². The molecule has 0 saturated heterocycles. The molecule has 0 aliphatic carbocycles. The van der Waals surface area contributed by atoms with Gasteiger partial charge in [-0.05, 0) is 52.6 Å². The molecule has 0 heterocycles. The highest BCUT2D eigenvalue weighted by molar-refractivity contribution is 7.86. The van der Waals surface area contributed by atoms with E-state index in [1.165, 1.54) is 36.4 Å². The van der Waals surface area contributed by atoms with Gasteiger partial charge in [-0.3, -0.25) is 14.1 Å². The summed E-state index contributed by atoms with van der Waals surface area (Å²) in [5, 5.41) is 3.42. The minimum Gasteiger partial charge on any atom is -0.348 e. The van der Waals surface area contributed by atoms with E-state index in [9.17, 15) is 35.7 Å². The van der Waals surface area contributed by atoms with Crippen molar-refractivity contribution in [1.82, 2.24) is 5.32 Å². The summed E-state index contributed by atoms with van der Waals surface area (Å²) in [7, 11) is -4.73.